The minimum atomic E-state index is -0.915. The molecule has 2 atom stereocenters. The van der Waals surface area contributed by atoms with Crippen molar-refractivity contribution in [3.8, 4) is 0 Å². The second-order valence-corrected chi connectivity index (χ2v) is 13.6. The minimum absolute atomic E-state index is 0.136. The highest BCUT2D eigenvalue weighted by molar-refractivity contribution is 7.80. The van der Waals surface area contributed by atoms with Crippen molar-refractivity contribution in [2.24, 2.45) is 17.3 Å². The second-order valence-electron chi connectivity index (χ2n) is 12.8. The molecule has 244 valence electrons. The molecule has 0 aromatic rings. The summed E-state index contributed by atoms with van der Waals surface area (Å²) >= 11 is 11.1. The van der Waals surface area contributed by atoms with Crippen LogP contribution < -0.4 is 0 Å². The van der Waals surface area contributed by atoms with Crippen LogP contribution in [0.3, 0.4) is 0 Å². The third-order valence-corrected chi connectivity index (χ3v) is 9.54. The Hall–Kier alpha value is -0.300. The van der Waals surface area contributed by atoms with Gasteiger partial charge < -0.3 is 19.7 Å². The number of aliphatic hydroxyl groups excluding tert-OH is 2. The molecule has 0 aliphatic heterocycles. The van der Waals surface area contributed by atoms with E-state index in [0.717, 1.165) is 25.7 Å². The molecule has 6 heteroatoms. The van der Waals surface area contributed by atoms with E-state index >= 15 is 0 Å². The van der Waals surface area contributed by atoms with Gasteiger partial charge in [0.1, 0.15) is 13.2 Å². The van der Waals surface area contributed by atoms with Crippen molar-refractivity contribution in [2.75, 3.05) is 26.4 Å². The summed E-state index contributed by atoms with van der Waals surface area (Å²) < 4.78 is 11.8. The summed E-state index contributed by atoms with van der Waals surface area (Å²) in [5, 5.41) is 21.3. The number of hydrogen-bond donors (Lipinski definition) is 2. The normalized spacial score (nSPS) is 13.2. The number of thiocarbonyl (C=S) groups is 2. The predicted molar refractivity (Wildman–Crippen MR) is 185 cm³/mol. The molecule has 0 radical (unpaired) electrons. The van der Waals surface area contributed by atoms with Crippen molar-refractivity contribution in [2.45, 2.75) is 169 Å². The van der Waals surface area contributed by atoms with Crippen molar-refractivity contribution in [3.63, 3.8) is 0 Å². The highest BCUT2D eigenvalue weighted by atomic mass is 32.1. The Bertz CT molecular complexity index is 561. The predicted octanol–water partition coefficient (Wildman–Crippen LogP) is 10.5. The van der Waals surface area contributed by atoms with Gasteiger partial charge in [0.05, 0.1) is 18.6 Å². The zero-order chi connectivity index (χ0) is 30.6. The molecule has 0 spiro atoms. The Labute approximate surface area is 266 Å². The van der Waals surface area contributed by atoms with E-state index in [0.29, 0.717) is 10.1 Å². The fraction of sp³-hybridized carbons (Fsp3) is 0.943. The number of rotatable bonds is 30. The van der Waals surface area contributed by atoms with Crippen LogP contribution in [-0.2, 0) is 9.47 Å². The first-order valence-corrected chi connectivity index (χ1v) is 18.2. The van der Waals surface area contributed by atoms with Crippen LogP contribution >= 0.6 is 24.4 Å². The molecule has 2 N–H and O–H groups in total. The van der Waals surface area contributed by atoms with Crippen LogP contribution in [0.4, 0.5) is 0 Å². The monoisotopic (exact) mass is 616 g/mol. The second kappa shape index (κ2) is 28.5. The molecule has 0 heterocycles. The summed E-state index contributed by atoms with van der Waals surface area (Å²) in [5.41, 5.74) is -0.915. The number of ether oxygens (including phenoxy) is 2. The van der Waals surface area contributed by atoms with Gasteiger partial charge in [-0.15, -0.1) is 0 Å². The molecular formula is C35H68O4S2. The van der Waals surface area contributed by atoms with Gasteiger partial charge >= 0.3 is 0 Å². The maximum atomic E-state index is 10.1. The van der Waals surface area contributed by atoms with E-state index < -0.39 is 5.41 Å². The zero-order valence-electron chi connectivity index (χ0n) is 27.6. The van der Waals surface area contributed by atoms with E-state index in [9.17, 15) is 10.2 Å². The number of unbranched alkanes of at least 4 members (excludes halogenated alkanes) is 18. The van der Waals surface area contributed by atoms with Crippen molar-refractivity contribution in [1.29, 1.82) is 0 Å². The Balaban J connectivity index is 4.11. The molecule has 4 nitrogen and oxygen atoms in total. The van der Waals surface area contributed by atoms with E-state index in [-0.39, 0.29) is 38.3 Å². The first-order chi connectivity index (χ1) is 19.9. The fourth-order valence-electron chi connectivity index (χ4n) is 5.12. The summed E-state index contributed by atoms with van der Waals surface area (Å²) in [7, 11) is 0. The van der Waals surface area contributed by atoms with E-state index in [4.69, 9.17) is 33.9 Å². The SMILES string of the molecule is CCCCCCCCCCCCC(C)C(=S)OCC(CO)(CO)COC(=S)C(C)CCCCCCCCCCCC. The molecule has 0 aromatic heterocycles. The van der Waals surface area contributed by atoms with Crippen molar-refractivity contribution in [3.05, 3.63) is 0 Å². The van der Waals surface area contributed by atoms with Gasteiger partial charge in [-0.3, -0.25) is 0 Å². The highest BCUT2D eigenvalue weighted by Crippen LogP contribution is 2.22. The molecule has 0 amide bonds. The number of hydrogen-bond acceptors (Lipinski definition) is 6. The lowest BCUT2D eigenvalue weighted by Gasteiger charge is -2.31. The molecule has 0 bridgehead atoms. The van der Waals surface area contributed by atoms with Crippen LogP contribution in [0.2, 0.25) is 0 Å². The summed E-state index contributed by atoms with van der Waals surface area (Å²) in [6.07, 6.45) is 28.4. The molecule has 2 unspecified atom stereocenters. The number of aliphatic hydroxyl groups is 2. The standard InChI is InChI=1S/C35H68O4S2/c1-5-7-9-11-13-15-17-19-21-23-25-31(3)33(40)38-29-35(27-36,28-37)30-39-34(41)32(4)26-24-22-20-18-16-14-12-10-8-6-2/h31-32,36-37H,5-30H2,1-4H3. The molecule has 0 fully saturated rings. The fourth-order valence-corrected chi connectivity index (χ4v) is 5.47. The highest BCUT2D eigenvalue weighted by Gasteiger charge is 2.33. The molecule has 0 saturated heterocycles. The molecule has 0 rings (SSSR count). The lowest BCUT2D eigenvalue weighted by atomic mass is 9.92. The van der Waals surface area contributed by atoms with Gasteiger partial charge in [-0.05, 0) is 37.3 Å². The van der Waals surface area contributed by atoms with E-state index in [2.05, 4.69) is 27.7 Å². The Morgan fingerprint density at radius 1 is 0.512 bits per heavy atom. The van der Waals surface area contributed by atoms with Crippen LogP contribution in [0.1, 0.15) is 169 Å². The molecule has 0 aromatic carbocycles. The van der Waals surface area contributed by atoms with E-state index in [1.807, 2.05) is 0 Å². The third-order valence-electron chi connectivity index (χ3n) is 8.50. The van der Waals surface area contributed by atoms with Crippen molar-refractivity contribution >= 4 is 34.5 Å². The summed E-state index contributed by atoms with van der Waals surface area (Å²) in [5.74, 6) is 0.356. The van der Waals surface area contributed by atoms with E-state index in [1.54, 1.807) is 0 Å². The van der Waals surface area contributed by atoms with Crippen molar-refractivity contribution < 1.29 is 19.7 Å². The molecule has 0 aliphatic rings. The van der Waals surface area contributed by atoms with Gasteiger partial charge in [0.2, 0.25) is 0 Å². The van der Waals surface area contributed by atoms with Gasteiger partial charge in [-0.2, -0.15) is 0 Å². The lowest BCUT2D eigenvalue weighted by molar-refractivity contribution is -0.0262. The average Bonchev–Trinajstić information content (AvgIpc) is 2.98. The quantitative estimate of drug-likeness (QED) is 0.0618. The smallest absolute Gasteiger partial charge is 0.162 e. The van der Waals surface area contributed by atoms with Gasteiger partial charge in [-0.1, -0.05) is 156 Å². The largest absolute Gasteiger partial charge is 0.486 e. The average molecular weight is 617 g/mol. The first-order valence-electron chi connectivity index (χ1n) is 17.4. The van der Waals surface area contributed by atoms with Crippen LogP contribution in [0.5, 0.6) is 0 Å². The first kappa shape index (κ1) is 40.7. The topological polar surface area (TPSA) is 58.9 Å². The lowest BCUT2D eigenvalue weighted by Crippen LogP contribution is -2.41. The molecule has 0 saturated carbocycles. The summed E-state index contributed by atoms with van der Waals surface area (Å²) in [6, 6.07) is 0. The Morgan fingerprint density at radius 3 is 1.05 bits per heavy atom. The molecular weight excluding hydrogens is 549 g/mol. The zero-order valence-corrected chi connectivity index (χ0v) is 29.2. The Morgan fingerprint density at radius 2 is 0.780 bits per heavy atom. The van der Waals surface area contributed by atoms with Crippen molar-refractivity contribution in [1.82, 2.24) is 0 Å². The van der Waals surface area contributed by atoms with Crippen LogP contribution in [0.15, 0.2) is 0 Å². The Kier molecular flexibility index (Phi) is 28.3. The maximum Gasteiger partial charge on any atom is 0.162 e. The third kappa shape index (κ3) is 22.8. The van der Waals surface area contributed by atoms with E-state index in [1.165, 1.54) is 116 Å². The van der Waals surface area contributed by atoms with Gasteiger partial charge in [0.15, 0.2) is 10.1 Å². The summed E-state index contributed by atoms with van der Waals surface area (Å²) in [4.78, 5) is 0. The van der Waals surface area contributed by atoms with Gasteiger partial charge in [0.25, 0.3) is 0 Å². The van der Waals surface area contributed by atoms with Gasteiger partial charge in [-0.25, -0.2) is 0 Å². The maximum absolute atomic E-state index is 10.1. The molecule has 0 aliphatic carbocycles. The van der Waals surface area contributed by atoms with Crippen LogP contribution in [-0.4, -0.2) is 46.7 Å². The van der Waals surface area contributed by atoms with Crippen LogP contribution in [0.25, 0.3) is 0 Å². The summed E-state index contributed by atoms with van der Waals surface area (Å²) in [6.45, 7) is 8.53. The van der Waals surface area contributed by atoms with Gasteiger partial charge in [0, 0.05) is 11.8 Å². The van der Waals surface area contributed by atoms with Crippen LogP contribution in [0, 0.1) is 17.3 Å². The minimum Gasteiger partial charge on any atom is -0.486 e. The molecule has 41 heavy (non-hydrogen) atoms.